The lowest BCUT2D eigenvalue weighted by molar-refractivity contribution is -0.153. The largest absolute Gasteiger partial charge is 0.455 e. The maximum absolute atomic E-state index is 13.3. The number of hydrogen-bond acceptors (Lipinski definition) is 5. The van der Waals surface area contributed by atoms with Crippen LogP contribution in [0, 0.1) is 39.5 Å². The van der Waals surface area contributed by atoms with Gasteiger partial charge in [0.2, 0.25) is 10.0 Å². The molecule has 1 aliphatic heterocycles. The Morgan fingerprint density at radius 2 is 1.65 bits per heavy atom. The van der Waals surface area contributed by atoms with Crippen LogP contribution in [0.1, 0.15) is 55.4 Å². The first kappa shape index (κ1) is 25.3. The molecule has 0 radical (unpaired) electrons. The molecule has 1 saturated heterocycles. The van der Waals surface area contributed by atoms with Gasteiger partial charge in [0.25, 0.3) is 5.91 Å². The molecule has 174 valence electrons. The van der Waals surface area contributed by atoms with Gasteiger partial charge in [-0.2, -0.15) is 4.31 Å². The SMILES string of the molecule is Cc1cc(C)c(C)c(S(=O)(=O)N2CCC(C(=O)OCC(=O)NCCC(C)C)CC2)c1C. The topological polar surface area (TPSA) is 92.8 Å². The normalized spacial score (nSPS) is 15.8. The Labute approximate surface area is 186 Å². The summed E-state index contributed by atoms with van der Waals surface area (Å²) in [6.07, 6.45) is 1.64. The molecule has 1 heterocycles. The number of amides is 1. The number of carbonyl (C=O) groups is 2. The van der Waals surface area contributed by atoms with Crippen LogP contribution in [0.2, 0.25) is 0 Å². The quantitative estimate of drug-likeness (QED) is 0.612. The predicted molar refractivity (Wildman–Crippen MR) is 120 cm³/mol. The minimum Gasteiger partial charge on any atom is -0.455 e. The number of nitrogens with zero attached hydrogens (tertiary/aromatic N) is 1. The van der Waals surface area contributed by atoms with Crippen LogP contribution in [0.25, 0.3) is 0 Å². The first-order valence-electron chi connectivity index (χ1n) is 11.0. The van der Waals surface area contributed by atoms with E-state index in [9.17, 15) is 18.0 Å². The van der Waals surface area contributed by atoms with Gasteiger partial charge in [-0.25, -0.2) is 8.42 Å². The summed E-state index contributed by atoms with van der Waals surface area (Å²) in [5.74, 6) is -0.651. The zero-order valence-electron chi connectivity index (χ0n) is 19.6. The molecule has 1 aromatic rings. The summed E-state index contributed by atoms with van der Waals surface area (Å²) in [5.41, 5.74) is 3.44. The van der Waals surface area contributed by atoms with Crippen LogP contribution >= 0.6 is 0 Å². The standard InChI is InChI=1S/C23H36N2O5S/c1-15(2)7-10-24-21(26)14-30-23(27)20-8-11-25(12-9-20)31(28,29)22-18(5)16(3)13-17(4)19(22)6/h13,15,20H,7-12,14H2,1-6H3,(H,24,26). The molecule has 0 spiro atoms. The first-order valence-corrected chi connectivity index (χ1v) is 12.4. The second kappa shape index (κ2) is 10.6. The van der Waals surface area contributed by atoms with E-state index in [0.29, 0.717) is 30.2 Å². The average Bonchev–Trinajstić information content (AvgIpc) is 2.70. The molecule has 0 aliphatic carbocycles. The highest BCUT2D eigenvalue weighted by Crippen LogP contribution is 2.31. The summed E-state index contributed by atoms with van der Waals surface area (Å²) >= 11 is 0. The molecule has 8 heteroatoms. The van der Waals surface area contributed by atoms with Crippen molar-refractivity contribution in [3.8, 4) is 0 Å². The zero-order valence-corrected chi connectivity index (χ0v) is 20.4. The number of esters is 1. The molecular weight excluding hydrogens is 416 g/mol. The highest BCUT2D eigenvalue weighted by molar-refractivity contribution is 7.89. The monoisotopic (exact) mass is 452 g/mol. The third-order valence-electron chi connectivity index (χ3n) is 6.07. The zero-order chi connectivity index (χ0) is 23.3. The van der Waals surface area contributed by atoms with Crippen LogP contribution in [0.4, 0.5) is 0 Å². The van der Waals surface area contributed by atoms with Gasteiger partial charge in [-0.05, 0) is 75.1 Å². The summed E-state index contributed by atoms with van der Waals surface area (Å²) < 4.78 is 33.3. The molecular formula is C23H36N2O5S. The van der Waals surface area contributed by atoms with Crippen molar-refractivity contribution in [1.29, 1.82) is 0 Å². The minimum atomic E-state index is -3.64. The van der Waals surface area contributed by atoms with E-state index in [1.165, 1.54) is 4.31 Å². The fourth-order valence-corrected chi connectivity index (χ4v) is 5.88. The second-order valence-electron chi connectivity index (χ2n) is 8.91. The van der Waals surface area contributed by atoms with E-state index in [4.69, 9.17) is 4.74 Å². The van der Waals surface area contributed by atoms with E-state index < -0.39 is 21.9 Å². The molecule has 1 N–H and O–H groups in total. The van der Waals surface area contributed by atoms with Crippen LogP contribution in [-0.4, -0.2) is 50.8 Å². The van der Waals surface area contributed by atoms with Crippen molar-refractivity contribution in [2.24, 2.45) is 11.8 Å². The van der Waals surface area contributed by atoms with Crippen LogP contribution in [0.15, 0.2) is 11.0 Å². The van der Waals surface area contributed by atoms with Gasteiger partial charge in [-0.1, -0.05) is 19.9 Å². The number of hydrogen-bond donors (Lipinski definition) is 1. The van der Waals surface area contributed by atoms with Crippen molar-refractivity contribution in [2.45, 2.75) is 65.7 Å². The lowest BCUT2D eigenvalue weighted by atomic mass is 9.98. The van der Waals surface area contributed by atoms with Crippen LogP contribution in [0.5, 0.6) is 0 Å². The molecule has 31 heavy (non-hydrogen) atoms. The van der Waals surface area contributed by atoms with Crippen molar-refractivity contribution in [2.75, 3.05) is 26.2 Å². The van der Waals surface area contributed by atoms with Gasteiger partial charge in [0.1, 0.15) is 0 Å². The van der Waals surface area contributed by atoms with Gasteiger partial charge in [0, 0.05) is 19.6 Å². The summed E-state index contributed by atoms with van der Waals surface area (Å²) in [6.45, 7) is 12.4. The van der Waals surface area contributed by atoms with E-state index >= 15 is 0 Å². The van der Waals surface area contributed by atoms with Gasteiger partial charge in [-0.3, -0.25) is 9.59 Å². The molecule has 0 atom stereocenters. The molecule has 7 nitrogen and oxygen atoms in total. The Bertz CT molecular complexity index is 890. The Kier molecular flexibility index (Phi) is 8.65. The van der Waals surface area contributed by atoms with Crippen LogP contribution in [0.3, 0.4) is 0 Å². The van der Waals surface area contributed by atoms with Gasteiger partial charge in [0.15, 0.2) is 6.61 Å². The molecule has 0 bridgehead atoms. The molecule has 1 aliphatic rings. The molecule has 0 aromatic heterocycles. The molecule has 1 fully saturated rings. The predicted octanol–water partition coefficient (Wildman–Crippen LogP) is 3.03. The van der Waals surface area contributed by atoms with Crippen LogP contribution in [-0.2, 0) is 24.3 Å². The molecule has 0 unspecified atom stereocenters. The van der Waals surface area contributed by atoms with Crippen molar-refractivity contribution in [1.82, 2.24) is 9.62 Å². The fraction of sp³-hybridized carbons (Fsp3) is 0.652. The number of aryl methyl sites for hydroxylation is 2. The fourth-order valence-electron chi connectivity index (χ4n) is 3.83. The lowest BCUT2D eigenvalue weighted by Gasteiger charge is -2.31. The smallest absolute Gasteiger partial charge is 0.309 e. The highest BCUT2D eigenvalue weighted by Gasteiger charge is 2.35. The molecule has 1 aromatic carbocycles. The third kappa shape index (κ3) is 6.29. The Morgan fingerprint density at radius 1 is 1.10 bits per heavy atom. The van der Waals surface area contributed by atoms with E-state index in [1.807, 2.05) is 33.8 Å². The van der Waals surface area contributed by atoms with Gasteiger partial charge in [-0.15, -0.1) is 0 Å². The number of nitrogens with one attached hydrogen (secondary N) is 1. The Hall–Kier alpha value is -1.93. The van der Waals surface area contributed by atoms with Crippen molar-refractivity contribution in [3.63, 3.8) is 0 Å². The van der Waals surface area contributed by atoms with Gasteiger partial charge >= 0.3 is 5.97 Å². The van der Waals surface area contributed by atoms with Crippen molar-refractivity contribution in [3.05, 3.63) is 28.3 Å². The summed E-state index contributed by atoms with van der Waals surface area (Å²) in [4.78, 5) is 24.5. The number of ether oxygens (including phenoxy) is 1. The highest BCUT2D eigenvalue weighted by atomic mass is 32.2. The average molecular weight is 453 g/mol. The van der Waals surface area contributed by atoms with E-state index in [-0.39, 0.29) is 25.6 Å². The Balaban J connectivity index is 1.94. The van der Waals surface area contributed by atoms with E-state index in [0.717, 1.165) is 28.7 Å². The molecule has 1 amide bonds. The van der Waals surface area contributed by atoms with E-state index in [2.05, 4.69) is 19.2 Å². The number of piperidine rings is 1. The van der Waals surface area contributed by atoms with Crippen molar-refractivity contribution < 1.29 is 22.7 Å². The number of rotatable bonds is 8. The number of carbonyl (C=O) groups excluding carboxylic acids is 2. The first-order chi connectivity index (χ1) is 14.4. The lowest BCUT2D eigenvalue weighted by Crippen LogP contribution is -2.41. The van der Waals surface area contributed by atoms with Gasteiger partial charge < -0.3 is 10.1 Å². The summed E-state index contributed by atoms with van der Waals surface area (Å²) in [6, 6.07) is 2.00. The van der Waals surface area contributed by atoms with Gasteiger partial charge in [0.05, 0.1) is 10.8 Å². The van der Waals surface area contributed by atoms with E-state index in [1.54, 1.807) is 0 Å². The molecule has 0 saturated carbocycles. The summed E-state index contributed by atoms with van der Waals surface area (Å²) in [5, 5.41) is 2.73. The number of sulfonamides is 1. The van der Waals surface area contributed by atoms with Crippen LogP contribution < -0.4 is 5.32 Å². The maximum atomic E-state index is 13.3. The van der Waals surface area contributed by atoms with Crippen molar-refractivity contribution >= 4 is 21.9 Å². The maximum Gasteiger partial charge on any atom is 0.309 e. The Morgan fingerprint density at radius 3 is 2.16 bits per heavy atom. The number of benzene rings is 1. The second-order valence-corrected chi connectivity index (χ2v) is 10.8. The third-order valence-corrected chi connectivity index (χ3v) is 8.24. The summed E-state index contributed by atoms with van der Waals surface area (Å²) in [7, 11) is -3.64. The minimum absolute atomic E-state index is 0.258. The molecule has 2 rings (SSSR count).